The number of hydrogen-bond donors (Lipinski definition) is 0. The van der Waals surface area contributed by atoms with Crippen LogP contribution >= 0.6 is 11.6 Å². The highest BCUT2D eigenvalue weighted by atomic mass is 35.5. The average molecular weight is 311 g/mol. The van der Waals surface area contributed by atoms with E-state index in [0.29, 0.717) is 6.61 Å². The molecule has 1 saturated carbocycles. The van der Waals surface area contributed by atoms with E-state index in [1.165, 1.54) is 6.42 Å². The van der Waals surface area contributed by atoms with Gasteiger partial charge in [-0.3, -0.25) is 4.79 Å². The van der Waals surface area contributed by atoms with Gasteiger partial charge in [0.2, 0.25) is 0 Å². The summed E-state index contributed by atoms with van der Waals surface area (Å²) in [4.78, 5) is 11.2. The summed E-state index contributed by atoms with van der Waals surface area (Å²) in [5.41, 5.74) is 1.93. The van der Waals surface area contributed by atoms with E-state index in [9.17, 15) is 4.79 Å². The quantitative estimate of drug-likeness (QED) is 0.604. The summed E-state index contributed by atoms with van der Waals surface area (Å²) in [6, 6.07) is 5.87. The van der Waals surface area contributed by atoms with Gasteiger partial charge in [0.05, 0.1) is 25.0 Å². The number of carbonyl (C=O) groups is 1. The van der Waals surface area contributed by atoms with E-state index in [4.69, 9.17) is 21.1 Å². The van der Waals surface area contributed by atoms with Crippen LogP contribution < -0.4 is 4.74 Å². The fourth-order valence-corrected chi connectivity index (χ4v) is 3.40. The number of hydrogen-bond acceptors (Lipinski definition) is 3. The number of rotatable bonds is 5. The van der Waals surface area contributed by atoms with Crippen LogP contribution in [0.15, 0.2) is 18.2 Å². The van der Waals surface area contributed by atoms with Crippen molar-refractivity contribution < 1.29 is 14.3 Å². The summed E-state index contributed by atoms with van der Waals surface area (Å²) in [5.74, 6) is 0.555. The number of halogens is 1. The lowest BCUT2D eigenvalue weighted by molar-refractivity contribution is -0.142. The van der Waals surface area contributed by atoms with Crippen LogP contribution in [0.3, 0.4) is 0 Å². The van der Waals surface area contributed by atoms with Gasteiger partial charge in [0.25, 0.3) is 0 Å². The van der Waals surface area contributed by atoms with Crippen molar-refractivity contribution in [3.05, 3.63) is 29.3 Å². The molecule has 1 aliphatic carbocycles. The molecular formula is C17H23ClO3. The highest BCUT2D eigenvalue weighted by Gasteiger charge is 2.34. The molecule has 0 aromatic heterocycles. The fraction of sp³-hybridized carbons (Fsp3) is 0.588. The van der Waals surface area contributed by atoms with Crippen LogP contribution in [0.25, 0.3) is 0 Å². The van der Waals surface area contributed by atoms with Crippen molar-refractivity contribution in [2.75, 3.05) is 13.7 Å². The van der Waals surface area contributed by atoms with Crippen LogP contribution in [-0.2, 0) is 20.8 Å². The average Bonchev–Trinajstić information content (AvgIpc) is 2.48. The van der Waals surface area contributed by atoms with Crippen LogP contribution in [0.2, 0.25) is 0 Å². The molecule has 0 radical (unpaired) electrons. The van der Waals surface area contributed by atoms with Crippen molar-refractivity contribution in [2.24, 2.45) is 0 Å². The molecule has 1 aromatic carbocycles. The van der Waals surface area contributed by atoms with Crippen molar-refractivity contribution in [3.63, 3.8) is 0 Å². The first-order chi connectivity index (χ1) is 10.1. The van der Waals surface area contributed by atoms with Crippen molar-refractivity contribution in [1.29, 1.82) is 0 Å². The lowest BCUT2D eigenvalue weighted by Crippen LogP contribution is -2.23. The Kier molecular flexibility index (Phi) is 5.51. The Morgan fingerprint density at radius 1 is 1.29 bits per heavy atom. The summed E-state index contributed by atoms with van der Waals surface area (Å²) < 4.78 is 10.5. The molecule has 0 saturated heterocycles. The molecule has 1 aliphatic rings. The summed E-state index contributed by atoms with van der Waals surface area (Å²) in [6.07, 6.45) is 5.76. The first kappa shape index (κ1) is 16.2. The second kappa shape index (κ2) is 7.17. The Bertz CT molecular complexity index is 493. The minimum absolute atomic E-state index is 0.217. The maximum Gasteiger partial charge on any atom is 0.310 e. The zero-order chi connectivity index (χ0) is 15.3. The molecule has 0 unspecified atom stereocenters. The molecule has 0 atom stereocenters. The van der Waals surface area contributed by atoms with Gasteiger partial charge in [0.1, 0.15) is 5.75 Å². The zero-order valence-electron chi connectivity index (χ0n) is 12.8. The molecule has 0 heterocycles. The zero-order valence-corrected chi connectivity index (χ0v) is 13.5. The molecule has 3 nitrogen and oxygen atoms in total. The topological polar surface area (TPSA) is 35.5 Å². The number of carbonyl (C=O) groups excluding carboxylic acids is 1. The summed E-state index contributed by atoms with van der Waals surface area (Å²) >= 11 is 6.82. The Balaban J connectivity index is 2.22. The Labute approximate surface area is 131 Å². The summed E-state index contributed by atoms with van der Waals surface area (Å²) in [5, 5.41) is 0. The van der Waals surface area contributed by atoms with E-state index < -0.39 is 0 Å². The molecule has 0 aliphatic heterocycles. The van der Waals surface area contributed by atoms with Gasteiger partial charge in [-0.15, -0.1) is 11.6 Å². The first-order valence-corrected chi connectivity index (χ1v) is 7.99. The smallest absolute Gasteiger partial charge is 0.310 e. The van der Waals surface area contributed by atoms with Gasteiger partial charge in [-0.2, -0.15) is 0 Å². The number of methoxy groups -OCH3 is 1. The van der Waals surface area contributed by atoms with E-state index in [1.807, 2.05) is 25.1 Å². The molecule has 0 amide bonds. The van der Waals surface area contributed by atoms with Gasteiger partial charge < -0.3 is 9.47 Å². The van der Waals surface area contributed by atoms with Crippen molar-refractivity contribution in [2.45, 2.75) is 50.3 Å². The third kappa shape index (κ3) is 3.91. The van der Waals surface area contributed by atoms with E-state index in [2.05, 4.69) is 0 Å². The van der Waals surface area contributed by atoms with E-state index in [1.54, 1.807) is 7.11 Å². The van der Waals surface area contributed by atoms with Crippen LogP contribution in [-0.4, -0.2) is 19.7 Å². The number of alkyl halides is 1. The minimum atomic E-state index is -0.327. The fourth-order valence-electron chi connectivity index (χ4n) is 2.98. The maximum atomic E-state index is 11.6. The minimum Gasteiger partial charge on any atom is -0.496 e. The SMILES string of the molecule is CCOC(=O)Cc1ccc(C2(Cl)CCCCC2)c(OC)c1. The van der Waals surface area contributed by atoms with Crippen LogP contribution in [0, 0.1) is 0 Å². The van der Waals surface area contributed by atoms with Crippen molar-refractivity contribution in [1.82, 2.24) is 0 Å². The normalized spacial score (nSPS) is 17.3. The first-order valence-electron chi connectivity index (χ1n) is 7.61. The van der Waals surface area contributed by atoms with Gasteiger partial charge in [-0.25, -0.2) is 0 Å². The number of esters is 1. The summed E-state index contributed by atoms with van der Waals surface area (Å²) in [7, 11) is 1.65. The lowest BCUT2D eigenvalue weighted by atomic mass is 9.82. The number of benzene rings is 1. The molecule has 4 heteroatoms. The Morgan fingerprint density at radius 3 is 2.62 bits per heavy atom. The molecule has 116 valence electrons. The van der Waals surface area contributed by atoms with Gasteiger partial charge in [-0.05, 0) is 31.4 Å². The van der Waals surface area contributed by atoms with E-state index >= 15 is 0 Å². The largest absolute Gasteiger partial charge is 0.496 e. The summed E-state index contributed by atoms with van der Waals surface area (Å²) in [6.45, 7) is 2.21. The molecular weight excluding hydrogens is 288 g/mol. The molecule has 1 fully saturated rings. The molecule has 0 N–H and O–H groups in total. The van der Waals surface area contributed by atoms with E-state index in [-0.39, 0.29) is 17.3 Å². The van der Waals surface area contributed by atoms with Crippen LogP contribution in [0.1, 0.15) is 50.2 Å². The molecule has 21 heavy (non-hydrogen) atoms. The van der Waals surface area contributed by atoms with Crippen molar-refractivity contribution in [3.8, 4) is 5.75 Å². The Morgan fingerprint density at radius 2 is 2.00 bits per heavy atom. The second-order valence-electron chi connectivity index (χ2n) is 5.54. The number of ether oxygens (including phenoxy) is 2. The Hall–Kier alpha value is -1.22. The van der Waals surface area contributed by atoms with Gasteiger partial charge in [0.15, 0.2) is 0 Å². The van der Waals surface area contributed by atoms with E-state index in [0.717, 1.165) is 42.6 Å². The van der Waals surface area contributed by atoms with Gasteiger partial charge >= 0.3 is 5.97 Å². The van der Waals surface area contributed by atoms with Gasteiger partial charge in [-0.1, -0.05) is 31.4 Å². The van der Waals surface area contributed by atoms with Gasteiger partial charge in [0, 0.05) is 5.56 Å². The monoisotopic (exact) mass is 310 g/mol. The highest BCUT2D eigenvalue weighted by molar-refractivity contribution is 6.24. The van der Waals surface area contributed by atoms with Crippen LogP contribution in [0.5, 0.6) is 5.75 Å². The molecule has 1 aromatic rings. The van der Waals surface area contributed by atoms with Crippen molar-refractivity contribution >= 4 is 17.6 Å². The highest BCUT2D eigenvalue weighted by Crippen LogP contribution is 2.46. The molecule has 0 bridgehead atoms. The third-order valence-electron chi connectivity index (χ3n) is 4.05. The van der Waals surface area contributed by atoms with Crippen LogP contribution in [0.4, 0.5) is 0 Å². The molecule has 0 spiro atoms. The molecule has 2 rings (SSSR count). The third-order valence-corrected chi connectivity index (χ3v) is 4.63. The standard InChI is InChI=1S/C17H23ClO3/c1-3-21-16(19)12-13-7-8-14(15(11-13)20-2)17(18)9-5-4-6-10-17/h7-8,11H,3-6,9-10,12H2,1-2H3. The lowest BCUT2D eigenvalue weighted by Gasteiger charge is -2.32. The predicted molar refractivity (Wildman–Crippen MR) is 83.9 cm³/mol. The second-order valence-corrected chi connectivity index (χ2v) is 6.27. The maximum absolute atomic E-state index is 11.6. The predicted octanol–water partition coefficient (Wildman–Crippen LogP) is 4.20.